The van der Waals surface area contributed by atoms with Crippen LogP contribution < -0.4 is 10.6 Å². The Hall–Kier alpha value is -2.92. The summed E-state index contributed by atoms with van der Waals surface area (Å²) in [6.45, 7) is 1.88. The minimum absolute atomic E-state index is 0.245. The topological polar surface area (TPSA) is 66.9 Å². The number of amides is 1. The second-order valence-electron chi connectivity index (χ2n) is 5.20. The van der Waals surface area contributed by atoms with Crippen LogP contribution in [0.5, 0.6) is 0 Å². The van der Waals surface area contributed by atoms with Gasteiger partial charge in [-0.3, -0.25) is 4.79 Å². The normalized spacial score (nSPS) is 10.2. The first-order valence-electron chi connectivity index (χ1n) is 7.35. The second kappa shape index (κ2) is 7.10. The summed E-state index contributed by atoms with van der Waals surface area (Å²) < 4.78 is 0. The molecule has 0 bridgehead atoms. The fourth-order valence-corrected chi connectivity index (χ4v) is 2.32. The van der Waals surface area contributed by atoms with E-state index in [0.717, 1.165) is 11.4 Å². The van der Waals surface area contributed by atoms with Crippen molar-refractivity contribution in [3.63, 3.8) is 0 Å². The molecule has 3 aromatic rings. The molecule has 1 heterocycles. The first-order chi connectivity index (χ1) is 11.6. The second-order valence-corrected chi connectivity index (χ2v) is 5.60. The Morgan fingerprint density at radius 3 is 2.29 bits per heavy atom. The maximum atomic E-state index is 12.2. The predicted molar refractivity (Wildman–Crippen MR) is 95.9 cm³/mol. The highest BCUT2D eigenvalue weighted by Gasteiger charge is 2.09. The Kier molecular flexibility index (Phi) is 4.72. The van der Waals surface area contributed by atoms with E-state index in [1.54, 1.807) is 36.4 Å². The molecule has 0 atom stereocenters. The summed E-state index contributed by atoms with van der Waals surface area (Å²) in [5.74, 6) is 0.416. The van der Waals surface area contributed by atoms with Crippen LogP contribution in [0.15, 0.2) is 60.7 Å². The van der Waals surface area contributed by atoms with E-state index in [2.05, 4.69) is 20.8 Å². The lowest BCUT2D eigenvalue weighted by Gasteiger charge is -2.09. The number of aromatic nitrogens is 2. The maximum Gasteiger partial charge on any atom is 0.257 e. The summed E-state index contributed by atoms with van der Waals surface area (Å²) in [4.78, 5) is 12.2. The SMILES string of the molecule is Cc1ccc(Nc2ccc(NC(=O)c3ccccc3Cl)cc2)nn1. The van der Waals surface area contributed by atoms with Gasteiger partial charge in [0.15, 0.2) is 5.82 Å². The Bertz CT molecular complexity index is 848. The molecule has 2 aromatic carbocycles. The lowest BCUT2D eigenvalue weighted by atomic mass is 10.2. The third-order valence-corrected chi connectivity index (χ3v) is 3.66. The molecular weight excluding hydrogens is 324 g/mol. The van der Waals surface area contributed by atoms with Gasteiger partial charge in [-0.15, -0.1) is 5.10 Å². The van der Waals surface area contributed by atoms with Gasteiger partial charge in [0.2, 0.25) is 0 Å². The minimum Gasteiger partial charge on any atom is -0.339 e. The quantitative estimate of drug-likeness (QED) is 0.738. The fourth-order valence-electron chi connectivity index (χ4n) is 2.09. The largest absolute Gasteiger partial charge is 0.339 e. The number of benzene rings is 2. The van der Waals surface area contributed by atoms with E-state index >= 15 is 0 Å². The van der Waals surface area contributed by atoms with Crippen molar-refractivity contribution in [1.29, 1.82) is 0 Å². The number of halogens is 1. The van der Waals surface area contributed by atoms with Crippen molar-refractivity contribution in [2.75, 3.05) is 10.6 Å². The Morgan fingerprint density at radius 2 is 1.62 bits per heavy atom. The van der Waals surface area contributed by atoms with Crippen molar-refractivity contribution >= 4 is 34.7 Å². The summed E-state index contributed by atoms with van der Waals surface area (Å²) in [5.41, 5.74) is 2.83. The Morgan fingerprint density at radius 1 is 0.917 bits per heavy atom. The molecule has 0 saturated heterocycles. The molecule has 1 aromatic heterocycles. The van der Waals surface area contributed by atoms with Gasteiger partial charge < -0.3 is 10.6 Å². The van der Waals surface area contributed by atoms with Crippen LogP contribution in [0, 0.1) is 6.92 Å². The van der Waals surface area contributed by atoms with E-state index in [-0.39, 0.29) is 5.91 Å². The molecule has 24 heavy (non-hydrogen) atoms. The summed E-state index contributed by atoms with van der Waals surface area (Å²) in [5, 5.41) is 14.4. The number of nitrogens with one attached hydrogen (secondary N) is 2. The Balaban J connectivity index is 1.67. The molecule has 6 heteroatoms. The number of carbonyl (C=O) groups is 1. The molecule has 0 unspecified atom stereocenters. The number of rotatable bonds is 4. The first-order valence-corrected chi connectivity index (χ1v) is 7.73. The number of anilines is 3. The molecule has 3 rings (SSSR count). The van der Waals surface area contributed by atoms with Gasteiger partial charge in [0.1, 0.15) is 0 Å². The zero-order chi connectivity index (χ0) is 16.9. The molecule has 0 fully saturated rings. The van der Waals surface area contributed by atoms with Crippen molar-refractivity contribution in [2.45, 2.75) is 6.92 Å². The number of carbonyl (C=O) groups excluding carboxylic acids is 1. The van der Waals surface area contributed by atoms with Crippen molar-refractivity contribution in [1.82, 2.24) is 10.2 Å². The zero-order valence-corrected chi connectivity index (χ0v) is 13.7. The lowest BCUT2D eigenvalue weighted by Crippen LogP contribution is -2.12. The average molecular weight is 339 g/mol. The highest BCUT2D eigenvalue weighted by molar-refractivity contribution is 6.34. The number of aryl methyl sites for hydroxylation is 1. The molecule has 0 aliphatic rings. The molecule has 0 aliphatic carbocycles. The van der Waals surface area contributed by atoms with E-state index in [9.17, 15) is 4.79 Å². The van der Waals surface area contributed by atoms with Gasteiger partial charge in [0.25, 0.3) is 5.91 Å². The first kappa shape index (κ1) is 16.0. The fraction of sp³-hybridized carbons (Fsp3) is 0.0556. The molecule has 0 aliphatic heterocycles. The highest BCUT2D eigenvalue weighted by atomic mass is 35.5. The van der Waals surface area contributed by atoms with Gasteiger partial charge in [-0.2, -0.15) is 5.10 Å². The Labute approximate surface area is 144 Å². The van der Waals surface area contributed by atoms with Crippen LogP contribution in [0.1, 0.15) is 16.1 Å². The van der Waals surface area contributed by atoms with Gasteiger partial charge in [0.05, 0.1) is 16.3 Å². The molecule has 0 saturated carbocycles. The van der Waals surface area contributed by atoms with Crippen molar-refractivity contribution < 1.29 is 4.79 Å². The van der Waals surface area contributed by atoms with E-state index in [1.165, 1.54) is 0 Å². The van der Waals surface area contributed by atoms with Gasteiger partial charge in [-0.25, -0.2) is 0 Å². The molecule has 5 nitrogen and oxygen atoms in total. The third kappa shape index (κ3) is 3.88. The van der Waals surface area contributed by atoms with Crippen LogP contribution in [0.4, 0.5) is 17.2 Å². The number of hydrogen-bond donors (Lipinski definition) is 2. The zero-order valence-electron chi connectivity index (χ0n) is 13.0. The summed E-state index contributed by atoms with van der Waals surface area (Å²) >= 11 is 6.03. The molecule has 0 spiro atoms. The van der Waals surface area contributed by atoms with E-state index < -0.39 is 0 Å². The van der Waals surface area contributed by atoms with Gasteiger partial charge >= 0.3 is 0 Å². The molecular formula is C18H15ClN4O. The van der Waals surface area contributed by atoms with Crippen LogP contribution >= 0.6 is 11.6 Å². The smallest absolute Gasteiger partial charge is 0.257 e. The maximum absolute atomic E-state index is 12.2. The average Bonchev–Trinajstić information content (AvgIpc) is 2.59. The van der Waals surface area contributed by atoms with Crippen LogP contribution in [0.3, 0.4) is 0 Å². The summed E-state index contributed by atoms with van der Waals surface area (Å²) in [7, 11) is 0. The van der Waals surface area contributed by atoms with Gasteiger partial charge in [0, 0.05) is 11.4 Å². The van der Waals surface area contributed by atoms with Crippen LogP contribution in [-0.2, 0) is 0 Å². The molecule has 2 N–H and O–H groups in total. The molecule has 1 amide bonds. The van der Waals surface area contributed by atoms with Gasteiger partial charge in [-0.1, -0.05) is 23.7 Å². The summed E-state index contributed by atoms with van der Waals surface area (Å²) in [6.07, 6.45) is 0. The number of hydrogen-bond acceptors (Lipinski definition) is 4. The minimum atomic E-state index is -0.245. The highest BCUT2D eigenvalue weighted by Crippen LogP contribution is 2.20. The van der Waals surface area contributed by atoms with Crippen LogP contribution in [0.25, 0.3) is 0 Å². The van der Waals surface area contributed by atoms with E-state index in [0.29, 0.717) is 22.1 Å². The molecule has 0 radical (unpaired) electrons. The van der Waals surface area contributed by atoms with Crippen molar-refractivity contribution in [3.05, 3.63) is 76.9 Å². The van der Waals surface area contributed by atoms with E-state index in [1.807, 2.05) is 31.2 Å². The monoisotopic (exact) mass is 338 g/mol. The number of nitrogens with zero attached hydrogens (tertiary/aromatic N) is 2. The molecule has 120 valence electrons. The van der Waals surface area contributed by atoms with Gasteiger partial charge in [-0.05, 0) is 55.5 Å². The van der Waals surface area contributed by atoms with Crippen molar-refractivity contribution in [3.8, 4) is 0 Å². The summed E-state index contributed by atoms with van der Waals surface area (Å²) in [6, 6.07) is 18.0. The van der Waals surface area contributed by atoms with Crippen LogP contribution in [0.2, 0.25) is 5.02 Å². The van der Waals surface area contributed by atoms with Crippen molar-refractivity contribution in [2.24, 2.45) is 0 Å². The third-order valence-electron chi connectivity index (χ3n) is 3.33. The van der Waals surface area contributed by atoms with Crippen LogP contribution in [-0.4, -0.2) is 16.1 Å². The van der Waals surface area contributed by atoms with E-state index in [4.69, 9.17) is 11.6 Å². The lowest BCUT2D eigenvalue weighted by molar-refractivity contribution is 0.102. The predicted octanol–water partition coefficient (Wildman–Crippen LogP) is 4.43. The standard InChI is InChI=1S/C18H15ClN4O/c1-12-6-11-17(23-22-12)20-13-7-9-14(10-8-13)21-18(24)15-4-2-3-5-16(15)19/h2-11H,1H3,(H,20,23)(H,21,24).